The lowest BCUT2D eigenvalue weighted by atomic mass is 10.0. The molecule has 1 unspecified atom stereocenters. The van der Waals surface area contributed by atoms with Gasteiger partial charge in [0.1, 0.15) is 17.6 Å². The van der Waals surface area contributed by atoms with E-state index in [0.717, 1.165) is 22.3 Å². The van der Waals surface area contributed by atoms with E-state index in [4.69, 9.17) is 4.74 Å². The third kappa shape index (κ3) is 7.94. The van der Waals surface area contributed by atoms with Crippen molar-refractivity contribution in [2.45, 2.75) is 46.7 Å². The van der Waals surface area contributed by atoms with Gasteiger partial charge in [-0.2, -0.15) is 0 Å². The van der Waals surface area contributed by atoms with Crippen molar-refractivity contribution in [3.63, 3.8) is 0 Å². The molecule has 6 heteroatoms. The quantitative estimate of drug-likeness (QED) is 0.400. The Morgan fingerprint density at radius 1 is 0.917 bits per heavy atom. The normalized spacial score (nSPS) is 11.7. The molecule has 36 heavy (non-hydrogen) atoms. The number of hydrogen-bond donors (Lipinski definition) is 1. The summed E-state index contributed by atoms with van der Waals surface area (Å²) in [5.74, 6) is -0.0460. The average Bonchev–Trinajstić information content (AvgIpc) is 2.87. The third-order valence-electron chi connectivity index (χ3n) is 6.06. The van der Waals surface area contributed by atoms with Crippen LogP contribution >= 0.6 is 0 Å². The maximum atomic E-state index is 13.6. The number of nitrogens with one attached hydrogen (secondary N) is 1. The molecule has 0 bridgehead atoms. The Bertz CT molecular complexity index is 1150. The zero-order valence-electron chi connectivity index (χ0n) is 21.5. The van der Waals surface area contributed by atoms with Crippen molar-refractivity contribution in [2.24, 2.45) is 5.92 Å². The Kier molecular flexibility index (Phi) is 9.62. The zero-order valence-corrected chi connectivity index (χ0v) is 21.5. The Morgan fingerprint density at radius 2 is 1.61 bits per heavy atom. The fourth-order valence-electron chi connectivity index (χ4n) is 3.79. The fourth-order valence-corrected chi connectivity index (χ4v) is 3.79. The lowest BCUT2D eigenvalue weighted by molar-refractivity contribution is -0.142. The maximum Gasteiger partial charge on any atom is 0.261 e. The number of carbonyl (C=O) groups is 2. The van der Waals surface area contributed by atoms with Crippen LogP contribution in [0.2, 0.25) is 0 Å². The highest BCUT2D eigenvalue weighted by Gasteiger charge is 2.30. The van der Waals surface area contributed by atoms with Gasteiger partial charge >= 0.3 is 0 Å². The topological polar surface area (TPSA) is 58.6 Å². The van der Waals surface area contributed by atoms with Crippen molar-refractivity contribution in [1.82, 2.24) is 10.2 Å². The molecule has 3 aromatic rings. The first-order chi connectivity index (χ1) is 17.2. The van der Waals surface area contributed by atoms with E-state index in [2.05, 4.69) is 5.32 Å². The molecule has 0 saturated heterocycles. The summed E-state index contributed by atoms with van der Waals surface area (Å²) >= 11 is 0. The van der Waals surface area contributed by atoms with Gasteiger partial charge in [-0.05, 0) is 66.3 Å². The Labute approximate surface area is 213 Å². The summed E-state index contributed by atoms with van der Waals surface area (Å²) in [6.45, 7) is 8.48. The number of nitrogens with zero attached hydrogens (tertiary/aromatic N) is 1. The minimum Gasteiger partial charge on any atom is -0.484 e. The molecule has 190 valence electrons. The van der Waals surface area contributed by atoms with Crippen molar-refractivity contribution in [1.29, 1.82) is 0 Å². The number of hydrogen-bond acceptors (Lipinski definition) is 3. The van der Waals surface area contributed by atoms with E-state index in [9.17, 15) is 14.0 Å². The van der Waals surface area contributed by atoms with E-state index in [1.807, 2.05) is 76.2 Å². The number of amides is 2. The van der Waals surface area contributed by atoms with Gasteiger partial charge in [-0.25, -0.2) is 4.39 Å². The minimum atomic E-state index is -0.757. The summed E-state index contributed by atoms with van der Waals surface area (Å²) < 4.78 is 19.4. The van der Waals surface area contributed by atoms with Crippen LogP contribution in [-0.4, -0.2) is 35.9 Å². The molecule has 3 aromatic carbocycles. The van der Waals surface area contributed by atoms with Crippen molar-refractivity contribution >= 4 is 11.8 Å². The molecular weight excluding hydrogens is 455 g/mol. The molecule has 0 aromatic heterocycles. The largest absolute Gasteiger partial charge is 0.484 e. The van der Waals surface area contributed by atoms with Gasteiger partial charge in [-0.15, -0.1) is 0 Å². The van der Waals surface area contributed by atoms with Gasteiger partial charge in [0.05, 0.1) is 0 Å². The Hall–Kier alpha value is -3.67. The monoisotopic (exact) mass is 490 g/mol. The van der Waals surface area contributed by atoms with Crippen LogP contribution in [0.15, 0.2) is 72.8 Å². The highest BCUT2D eigenvalue weighted by atomic mass is 19.1. The van der Waals surface area contributed by atoms with Crippen LogP contribution in [0.5, 0.6) is 5.75 Å². The van der Waals surface area contributed by atoms with Crippen molar-refractivity contribution in [3.05, 3.63) is 101 Å². The second-order valence-electron chi connectivity index (χ2n) is 9.53. The SMILES string of the molecule is Cc1ccc(OCC(=O)N(Cc2ccc(F)cc2)C(Cc2ccccc2)C(=O)NCC(C)C)cc1C. The summed E-state index contributed by atoms with van der Waals surface area (Å²) in [4.78, 5) is 28.5. The predicted octanol–water partition coefficient (Wildman–Crippen LogP) is 5.23. The van der Waals surface area contributed by atoms with Crippen LogP contribution in [0.4, 0.5) is 4.39 Å². The number of aryl methyl sites for hydroxylation is 2. The van der Waals surface area contributed by atoms with Gasteiger partial charge < -0.3 is 15.0 Å². The fraction of sp³-hybridized carbons (Fsp3) is 0.333. The third-order valence-corrected chi connectivity index (χ3v) is 6.06. The molecule has 0 heterocycles. The molecule has 0 aliphatic heterocycles. The van der Waals surface area contributed by atoms with E-state index in [1.54, 1.807) is 12.1 Å². The molecule has 0 aliphatic carbocycles. The Morgan fingerprint density at radius 3 is 2.25 bits per heavy atom. The molecule has 1 N–H and O–H groups in total. The molecule has 0 fully saturated rings. The van der Waals surface area contributed by atoms with E-state index in [1.165, 1.54) is 17.0 Å². The molecule has 2 amide bonds. The summed E-state index contributed by atoms with van der Waals surface area (Å²) in [7, 11) is 0. The van der Waals surface area contributed by atoms with Crippen molar-refractivity contribution < 1.29 is 18.7 Å². The standard InChI is InChI=1S/C30H35FN2O3/c1-21(2)18-32-30(35)28(17-24-8-6-5-7-9-24)33(19-25-11-13-26(31)14-12-25)29(34)20-36-27-15-10-22(3)23(4)16-27/h5-16,21,28H,17-20H2,1-4H3,(H,32,35). The number of rotatable bonds is 11. The number of ether oxygens (including phenoxy) is 1. The van der Waals surface area contributed by atoms with Crippen molar-refractivity contribution in [3.8, 4) is 5.75 Å². The summed E-state index contributed by atoms with van der Waals surface area (Å²) in [6.07, 6.45) is 0.349. The van der Waals surface area contributed by atoms with Crippen molar-refractivity contribution in [2.75, 3.05) is 13.2 Å². The lowest BCUT2D eigenvalue weighted by Gasteiger charge is -2.31. The second kappa shape index (κ2) is 12.9. The van der Waals surface area contributed by atoms with Gasteiger partial charge in [0.25, 0.3) is 5.91 Å². The lowest BCUT2D eigenvalue weighted by Crippen LogP contribution is -2.52. The molecule has 0 saturated carbocycles. The molecule has 1 atom stereocenters. The van der Waals surface area contributed by atoms with Crippen LogP contribution in [0.1, 0.15) is 36.1 Å². The minimum absolute atomic E-state index is 0.155. The van der Waals surface area contributed by atoms with E-state index >= 15 is 0 Å². The first-order valence-electron chi connectivity index (χ1n) is 12.3. The highest BCUT2D eigenvalue weighted by Crippen LogP contribution is 2.19. The van der Waals surface area contributed by atoms with Crippen LogP contribution in [0, 0.1) is 25.6 Å². The van der Waals surface area contributed by atoms with Crippen LogP contribution in [-0.2, 0) is 22.6 Å². The first-order valence-corrected chi connectivity index (χ1v) is 12.3. The summed E-state index contributed by atoms with van der Waals surface area (Å²) in [5, 5.41) is 2.99. The molecule has 3 rings (SSSR count). The number of carbonyl (C=O) groups excluding carboxylic acids is 2. The van der Waals surface area contributed by atoms with E-state index < -0.39 is 6.04 Å². The molecule has 0 radical (unpaired) electrons. The van der Waals surface area contributed by atoms with Crippen LogP contribution < -0.4 is 10.1 Å². The van der Waals surface area contributed by atoms with Gasteiger partial charge in [0, 0.05) is 19.5 Å². The summed E-state index contributed by atoms with van der Waals surface area (Å²) in [6, 6.07) is 20.5. The number of benzene rings is 3. The molecule has 0 aliphatic rings. The molecule has 5 nitrogen and oxygen atoms in total. The predicted molar refractivity (Wildman–Crippen MR) is 140 cm³/mol. The molecule has 0 spiro atoms. The van der Waals surface area contributed by atoms with E-state index in [-0.39, 0.29) is 36.7 Å². The van der Waals surface area contributed by atoms with Gasteiger partial charge in [0.15, 0.2) is 6.61 Å². The van der Waals surface area contributed by atoms with Gasteiger partial charge in [0.2, 0.25) is 5.91 Å². The molecular formula is C30H35FN2O3. The average molecular weight is 491 g/mol. The summed E-state index contributed by atoms with van der Waals surface area (Å²) in [5.41, 5.74) is 3.87. The van der Waals surface area contributed by atoms with Gasteiger partial charge in [-0.3, -0.25) is 9.59 Å². The Balaban J connectivity index is 1.89. The maximum absolute atomic E-state index is 13.6. The van der Waals surface area contributed by atoms with Gasteiger partial charge in [-0.1, -0.05) is 62.4 Å². The highest BCUT2D eigenvalue weighted by molar-refractivity contribution is 5.88. The number of halogens is 1. The van der Waals surface area contributed by atoms with Crippen LogP contribution in [0.3, 0.4) is 0 Å². The zero-order chi connectivity index (χ0) is 26.1. The van der Waals surface area contributed by atoms with E-state index in [0.29, 0.717) is 18.7 Å². The first kappa shape index (κ1) is 26.9. The van der Waals surface area contributed by atoms with Crippen LogP contribution in [0.25, 0.3) is 0 Å². The second-order valence-corrected chi connectivity index (χ2v) is 9.53. The smallest absolute Gasteiger partial charge is 0.261 e.